The zero-order valence-electron chi connectivity index (χ0n) is 10.4. The molecule has 1 aromatic rings. The molecule has 1 rings (SSSR count). The van der Waals surface area contributed by atoms with Gasteiger partial charge in [0.25, 0.3) is 0 Å². The summed E-state index contributed by atoms with van der Waals surface area (Å²) < 4.78 is 26.0. The van der Waals surface area contributed by atoms with Crippen molar-refractivity contribution in [2.45, 2.75) is 27.3 Å². The van der Waals surface area contributed by atoms with Crippen LogP contribution in [0.3, 0.4) is 0 Å². The summed E-state index contributed by atoms with van der Waals surface area (Å²) >= 11 is 0. The summed E-state index contributed by atoms with van der Waals surface area (Å²) in [6.45, 7) is 5.72. The molecule has 0 aromatic heterocycles. The Balaban J connectivity index is 2.66. The lowest BCUT2D eigenvalue weighted by atomic mass is 10.0. The molecule has 17 heavy (non-hydrogen) atoms. The highest BCUT2D eigenvalue weighted by Gasteiger charge is 2.21. The normalized spacial score (nSPS) is 12.6. The highest BCUT2D eigenvalue weighted by atomic mass is 32.2. The van der Waals surface area contributed by atoms with Gasteiger partial charge < -0.3 is 5.11 Å². The lowest BCUT2D eigenvalue weighted by Gasteiger charge is -2.18. The largest absolute Gasteiger partial charge is 0.508 e. The second-order valence-corrected chi connectivity index (χ2v) is 7.08. The van der Waals surface area contributed by atoms with Crippen molar-refractivity contribution in [2.24, 2.45) is 5.41 Å². The van der Waals surface area contributed by atoms with Crippen molar-refractivity contribution in [3.05, 3.63) is 29.8 Å². The monoisotopic (exact) mass is 257 g/mol. The lowest BCUT2D eigenvalue weighted by molar-refractivity contribution is 0.456. The fraction of sp³-hybridized carbons (Fsp3) is 0.500. The minimum Gasteiger partial charge on any atom is -0.508 e. The molecule has 0 unspecified atom stereocenters. The molecule has 0 heterocycles. The number of phenols is 1. The van der Waals surface area contributed by atoms with E-state index in [0.29, 0.717) is 5.56 Å². The van der Waals surface area contributed by atoms with Gasteiger partial charge in [0.1, 0.15) is 5.75 Å². The summed E-state index contributed by atoms with van der Waals surface area (Å²) in [5.74, 6) is 0.166. The Hall–Kier alpha value is -1.07. The van der Waals surface area contributed by atoms with Crippen LogP contribution in [0.2, 0.25) is 0 Å². The van der Waals surface area contributed by atoms with Crippen LogP contribution in [0.15, 0.2) is 24.3 Å². The van der Waals surface area contributed by atoms with Crippen molar-refractivity contribution in [1.82, 2.24) is 4.72 Å². The summed E-state index contributed by atoms with van der Waals surface area (Å²) in [6.07, 6.45) is 0. The molecular weight excluding hydrogens is 238 g/mol. The first-order valence-electron chi connectivity index (χ1n) is 5.44. The molecule has 0 saturated heterocycles. The molecule has 0 atom stereocenters. The Morgan fingerprint density at radius 2 is 1.82 bits per heavy atom. The molecule has 4 nitrogen and oxygen atoms in total. The van der Waals surface area contributed by atoms with E-state index in [2.05, 4.69) is 4.72 Å². The Morgan fingerprint density at radius 3 is 2.35 bits per heavy atom. The Bertz CT molecular complexity index is 475. The summed E-state index contributed by atoms with van der Waals surface area (Å²) in [7, 11) is -3.32. The first kappa shape index (κ1) is 14.0. The minimum atomic E-state index is -3.32. The van der Waals surface area contributed by atoms with E-state index in [1.54, 1.807) is 18.2 Å². The molecule has 0 fully saturated rings. The van der Waals surface area contributed by atoms with Gasteiger partial charge in [0.2, 0.25) is 10.0 Å². The quantitative estimate of drug-likeness (QED) is 0.865. The van der Waals surface area contributed by atoms with E-state index >= 15 is 0 Å². The lowest BCUT2D eigenvalue weighted by Crippen LogP contribution is -2.31. The van der Waals surface area contributed by atoms with Gasteiger partial charge in [-0.25, -0.2) is 13.1 Å². The number of nitrogens with one attached hydrogen (secondary N) is 1. The molecule has 5 heteroatoms. The topological polar surface area (TPSA) is 66.4 Å². The van der Waals surface area contributed by atoms with Gasteiger partial charge in [-0.05, 0) is 11.5 Å². The van der Waals surface area contributed by atoms with Crippen LogP contribution in [-0.2, 0) is 16.6 Å². The number of aromatic hydroxyl groups is 1. The van der Waals surface area contributed by atoms with Crippen molar-refractivity contribution in [2.75, 3.05) is 5.75 Å². The highest BCUT2D eigenvalue weighted by Crippen LogP contribution is 2.18. The SMILES string of the molecule is CC(C)(C)CS(=O)(=O)NCc1ccccc1O. The second kappa shape index (κ2) is 5.06. The Kier molecular flexibility index (Phi) is 4.16. The van der Waals surface area contributed by atoms with Crippen LogP contribution in [-0.4, -0.2) is 19.3 Å². The second-order valence-electron chi connectivity index (χ2n) is 5.27. The fourth-order valence-electron chi connectivity index (χ4n) is 1.47. The molecule has 0 saturated carbocycles. The van der Waals surface area contributed by atoms with Crippen molar-refractivity contribution in [3.8, 4) is 5.75 Å². The molecule has 0 bridgehead atoms. The van der Waals surface area contributed by atoms with Crippen LogP contribution in [0, 0.1) is 5.41 Å². The molecule has 1 aromatic carbocycles. The number of benzene rings is 1. The summed E-state index contributed by atoms with van der Waals surface area (Å²) in [5, 5.41) is 9.51. The maximum absolute atomic E-state index is 11.7. The smallest absolute Gasteiger partial charge is 0.212 e. The third-order valence-corrected chi connectivity index (χ3v) is 3.93. The van der Waals surface area contributed by atoms with E-state index in [9.17, 15) is 13.5 Å². The third kappa shape index (κ3) is 5.19. The van der Waals surface area contributed by atoms with Gasteiger partial charge in [0.05, 0.1) is 5.75 Å². The molecule has 0 radical (unpaired) electrons. The van der Waals surface area contributed by atoms with Gasteiger partial charge in [-0.1, -0.05) is 39.0 Å². The predicted octanol–water partition coefficient (Wildman–Crippen LogP) is 1.86. The van der Waals surface area contributed by atoms with Crippen LogP contribution in [0.4, 0.5) is 0 Å². The van der Waals surface area contributed by atoms with Crippen molar-refractivity contribution < 1.29 is 13.5 Å². The molecule has 0 amide bonds. The zero-order valence-corrected chi connectivity index (χ0v) is 11.2. The van der Waals surface area contributed by atoms with E-state index in [-0.39, 0.29) is 23.5 Å². The van der Waals surface area contributed by atoms with E-state index in [1.165, 1.54) is 6.07 Å². The van der Waals surface area contributed by atoms with Crippen molar-refractivity contribution >= 4 is 10.0 Å². The van der Waals surface area contributed by atoms with Gasteiger partial charge in [0.15, 0.2) is 0 Å². The number of hydrogen-bond donors (Lipinski definition) is 2. The standard InChI is InChI=1S/C12H19NO3S/c1-12(2,3)9-17(15,16)13-8-10-6-4-5-7-11(10)14/h4-7,13-14H,8-9H2,1-3H3. The third-order valence-electron chi connectivity index (χ3n) is 2.10. The van der Waals surface area contributed by atoms with E-state index in [0.717, 1.165) is 0 Å². The van der Waals surface area contributed by atoms with Crippen LogP contribution in [0.5, 0.6) is 5.75 Å². The Labute approximate surface area is 103 Å². The number of sulfonamides is 1. The number of phenolic OH excluding ortho intramolecular Hbond substituents is 1. The summed E-state index contributed by atoms with van der Waals surface area (Å²) in [4.78, 5) is 0. The summed E-state index contributed by atoms with van der Waals surface area (Å²) in [5.41, 5.74) is 0.287. The Morgan fingerprint density at radius 1 is 1.24 bits per heavy atom. The minimum absolute atomic E-state index is 0.0631. The number of para-hydroxylation sites is 1. The molecular formula is C12H19NO3S. The first-order valence-corrected chi connectivity index (χ1v) is 7.09. The van der Waals surface area contributed by atoms with Gasteiger partial charge in [-0.3, -0.25) is 0 Å². The maximum atomic E-state index is 11.7. The van der Waals surface area contributed by atoms with Crippen molar-refractivity contribution in [3.63, 3.8) is 0 Å². The van der Waals surface area contributed by atoms with E-state index in [4.69, 9.17) is 0 Å². The molecule has 2 N–H and O–H groups in total. The molecule has 0 aliphatic rings. The van der Waals surface area contributed by atoms with Gasteiger partial charge in [-0.15, -0.1) is 0 Å². The molecule has 96 valence electrons. The molecule has 0 spiro atoms. The molecule has 0 aliphatic heterocycles. The zero-order chi connectivity index (χ0) is 13.1. The van der Waals surface area contributed by atoms with Gasteiger partial charge >= 0.3 is 0 Å². The predicted molar refractivity (Wildman–Crippen MR) is 68.2 cm³/mol. The van der Waals surface area contributed by atoms with Crippen molar-refractivity contribution in [1.29, 1.82) is 0 Å². The average molecular weight is 257 g/mol. The fourth-order valence-corrected chi connectivity index (χ4v) is 3.09. The highest BCUT2D eigenvalue weighted by molar-refractivity contribution is 7.89. The van der Waals surface area contributed by atoms with Gasteiger partial charge in [-0.2, -0.15) is 0 Å². The van der Waals surface area contributed by atoms with Crippen LogP contribution >= 0.6 is 0 Å². The van der Waals surface area contributed by atoms with Crippen LogP contribution in [0.25, 0.3) is 0 Å². The summed E-state index contributed by atoms with van der Waals surface area (Å²) in [6, 6.07) is 6.68. The average Bonchev–Trinajstić information content (AvgIpc) is 2.13. The van der Waals surface area contributed by atoms with E-state index < -0.39 is 10.0 Å². The van der Waals surface area contributed by atoms with Crippen LogP contribution in [0.1, 0.15) is 26.3 Å². The van der Waals surface area contributed by atoms with Gasteiger partial charge in [0, 0.05) is 12.1 Å². The van der Waals surface area contributed by atoms with E-state index in [1.807, 2.05) is 20.8 Å². The van der Waals surface area contributed by atoms with Crippen LogP contribution < -0.4 is 4.72 Å². The first-order chi connectivity index (χ1) is 7.70. The number of hydrogen-bond acceptors (Lipinski definition) is 3. The maximum Gasteiger partial charge on any atom is 0.212 e. The molecule has 0 aliphatic carbocycles. The number of rotatable bonds is 4.